The minimum atomic E-state index is -4.68. The van der Waals surface area contributed by atoms with Crippen molar-refractivity contribution in [3.63, 3.8) is 0 Å². The van der Waals surface area contributed by atoms with Gasteiger partial charge in [-0.3, -0.25) is 9.35 Å². The normalized spacial score (nSPS) is 11.4. The molecule has 0 aromatic heterocycles. The predicted molar refractivity (Wildman–Crippen MR) is 144 cm³/mol. The number of anilines is 1. The summed E-state index contributed by atoms with van der Waals surface area (Å²) in [4.78, 5) is 12.7. The maximum atomic E-state index is 13.5. The van der Waals surface area contributed by atoms with Crippen molar-refractivity contribution in [1.29, 1.82) is 0 Å². The standard InChI is InChI=1S/C26H21Cl2N3O6S.Na/c1-3-37-25-19(28)9-6-10-20(25)29-26(33)17-13-15-7-4-5-8-16(15)23(24(17)32)31-30-22-14(2)18(27)11-12-21(22)38(34,35)36;/h4-13,32H,3H2,1-2H3,(H,29,33)(H,34,35,36);/q;+1/p-1. The van der Waals surface area contributed by atoms with Gasteiger partial charge in [-0.2, -0.15) is 13.5 Å². The van der Waals surface area contributed by atoms with Crippen LogP contribution in [0.4, 0.5) is 17.1 Å². The van der Waals surface area contributed by atoms with Crippen LogP contribution < -0.4 is 44.7 Å². The molecule has 9 nitrogen and oxygen atoms in total. The summed E-state index contributed by atoms with van der Waals surface area (Å²) in [6, 6.07) is 15.3. The second-order valence-corrected chi connectivity index (χ2v) is 10.2. The molecule has 39 heavy (non-hydrogen) atoms. The Labute approximate surface area is 256 Å². The molecule has 0 aliphatic carbocycles. The van der Waals surface area contributed by atoms with Crippen LogP contribution in [0, 0.1) is 6.92 Å². The number of carbonyl (C=O) groups is 1. The van der Waals surface area contributed by atoms with Gasteiger partial charge in [0, 0.05) is 16.0 Å². The number of hydrogen-bond donors (Lipinski definition) is 2. The van der Waals surface area contributed by atoms with Crippen LogP contribution in [0.15, 0.2) is 75.8 Å². The van der Waals surface area contributed by atoms with Crippen LogP contribution in [-0.2, 0) is 10.1 Å². The molecule has 0 spiro atoms. The molecule has 0 heterocycles. The monoisotopic (exact) mass is 595 g/mol. The molecular weight excluding hydrogens is 576 g/mol. The van der Waals surface area contributed by atoms with Crippen molar-refractivity contribution in [3.05, 3.63) is 81.8 Å². The maximum Gasteiger partial charge on any atom is 1.00 e. The molecule has 0 atom stereocenters. The number of ether oxygens (including phenoxy) is 1. The van der Waals surface area contributed by atoms with E-state index in [2.05, 4.69) is 15.5 Å². The average Bonchev–Trinajstić information content (AvgIpc) is 2.86. The first kappa shape index (κ1) is 30.8. The van der Waals surface area contributed by atoms with Crippen LogP contribution in [0.5, 0.6) is 11.5 Å². The smallest absolute Gasteiger partial charge is 0.870 e. The zero-order chi connectivity index (χ0) is 27.6. The molecule has 0 aliphatic heterocycles. The molecule has 4 aromatic rings. The van der Waals surface area contributed by atoms with E-state index in [1.54, 1.807) is 49.4 Å². The molecule has 4 aromatic carbocycles. The summed E-state index contributed by atoms with van der Waals surface area (Å²) in [6.07, 6.45) is 0. The molecule has 0 saturated carbocycles. The Balaban J connectivity index is 0.00000420. The number of azo groups is 1. The number of nitrogens with zero attached hydrogens (tertiary/aromatic N) is 2. The minimum Gasteiger partial charge on any atom is -0.870 e. The SMILES string of the molecule is CCOc1c(Cl)cccc1NC(=O)c1cc2ccccc2c(N=Nc2c(S(=O)(=O)O)ccc(Cl)c2C)c1[O-].[Na+]. The topological polar surface area (TPSA) is 140 Å². The number of nitrogens with one attached hydrogen (secondary N) is 1. The second-order valence-electron chi connectivity index (χ2n) is 8.02. The van der Waals surface area contributed by atoms with Gasteiger partial charge in [-0.05, 0) is 55.1 Å². The summed E-state index contributed by atoms with van der Waals surface area (Å²) < 4.78 is 39.0. The van der Waals surface area contributed by atoms with Crippen LogP contribution in [0.3, 0.4) is 0 Å². The fourth-order valence-corrected chi connectivity index (χ4v) is 4.81. The molecular formula is C26H20Cl2N3NaO6S. The predicted octanol–water partition coefficient (Wildman–Crippen LogP) is 3.85. The summed E-state index contributed by atoms with van der Waals surface area (Å²) in [7, 11) is -4.68. The zero-order valence-corrected chi connectivity index (χ0v) is 25.4. The van der Waals surface area contributed by atoms with Crippen molar-refractivity contribution in [2.45, 2.75) is 18.7 Å². The van der Waals surface area contributed by atoms with Gasteiger partial charge in [-0.25, -0.2) is 0 Å². The Kier molecular flexibility index (Phi) is 10.0. The Hall–Kier alpha value is -2.70. The molecule has 0 fully saturated rings. The Morgan fingerprint density at radius 1 is 1.03 bits per heavy atom. The number of amides is 1. The Morgan fingerprint density at radius 3 is 2.41 bits per heavy atom. The van der Waals surface area contributed by atoms with E-state index in [9.17, 15) is 22.9 Å². The summed E-state index contributed by atoms with van der Waals surface area (Å²) in [5.74, 6) is -1.23. The molecule has 0 unspecified atom stereocenters. The van der Waals surface area contributed by atoms with E-state index in [-0.39, 0.29) is 73.5 Å². The largest absolute Gasteiger partial charge is 1.00 e. The zero-order valence-electron chi connectivity index (χ0n) is 21.0. The molecule has 0 aliphatic rings. The number of benzene rings is 4. The molecule has 0 radical (unpaired) electrons. The quantitative estimate of drug-likeness (QED) is 0.189. The van der Waals surface area contributed by atoms with Crippen LogP contribution in [0.1, 0.15) is 22.8 Å². The minimum absolute atomic E-state index is 0. The van der Waals surface area contributed by atoms with Gasteiger partial charge in [-0.1, -0.05) is 59.3 Å². The van der Waals surface area contributed by atoms with Gasteiger partial charge in [0.05, 0.1) is 23.0 Å². The summed E-state index contributed by atoms with van der Waals surface area (Å²) in [5.41, 5.74) is -0.186. The molecule has 0 bridgehead atoms. The average molecular weight is 596 g/mol. The number of hydrogen-bond acceptors (Lipinski definition) is 7. The van der Waals surface area contributed by atoms with Crippen molar-refractivity contribution in [3.8, 4) is 11.5 Å². The molecule has 2 N–H and O–H groups in total. The van der Waals surface area contributed by atoms with Gasteiger partial charge in [0.25, 0.3) is 16.0 Å². The van der Waals surface area contributed by atoms with Gasteiger partial charge in [-0.15, -0.1) is 5.11 Å². The molecule has 196 valence electrons. The number of carbonyl (C=O) groups excluding carboxylic acids is 1. The first-order valence-corrected chi connectivity index (χ1v) is 13.4. The maximum absolute atomic E-state index is 13.5. The fraction of sp³-hybridized carbons (Fsp3) is 0.115. The third-order valence-electron chi connectivity index (χ3n) is 5.58. The van der Waals surface area contributed by atoms with Crippen molar-refractivity contribution >= 4 is 67.1 Å². The van der Waals surface area contributed by atoms with Crippen molar-refractivity contribution in [2.75, 3.05) is 11.9 Å². The third-order valence-corrected chi connectivity index (χ3v) is 7.17. The van der Waals surface area contributed by atoms with Gasteiger partial charge in [0.15, 0.2) is 5.75 Å². The number of fused-ring (bicyclic) bond motifs is 1. The Bertz CT molecular complexity index is 1710. The molecule has 4 rings (SSSR count). The Morgan fingerprint density at radius 2 is 1.72 bits per heavy atom. The van der Waals surface area contributed by atoms with Crippen molar-refractivity contribution in [2.24, 2.45) is 10.2 Å². The van der Waals surface area contributed by atoms with Crippen molar-refractivity contribution in [1.82, 2.24) is 0 Å². The fourth-order valence-electron chi connectivity index (χ4n) is 3.75. The van der Waals surface area contributed by atoms with E-state index >= 15 is 0 Å². The van der Waals surface area contributed by atoms with Crippen LogP contribution in [-0.4, -0.2) is 25.5 Å². The third kappa shape index (κ3) is 6.55. The van der Waals surface area contributed by atoms with Crippen LogP contribution >= 0.6 is 23.2 Å². The first-order valence-electron chi connectivity index (χ1n) is 11.2. The van der Waals surface area contributed by atoms with E-state index in [1.165, 1.54) is 19.1 Å². The second kappa shape index (κ2) is 12.6. The van der Waals surface area contributed by atoms with Crippen LogP contribution in [0.2, 0.25) is 10.0 Å². The summed E-state index contributed by atoms with van der Waals surface area (Å²) in [5, 5.41) is 25.5. The molecule has 1 amide bonds. The van der Waals surface area contributed by atoms with Gasteiger partial charge < -0.3 is 15.2 Å². The van der Waals surface area contributed by atoms with Gasteiger partial charge in [0.2, 0.25) is 0 Å². The summed E-state index contributed by atoms with van der Waals surface area (Å²) in [6.45, 7) is 3.56. The number of para-hydroxylation sites is 1. The number of rotatable bonds is 7. The van der Waals surface area contributed by atoms with Gasteiger partial charge in [0.1, 0.15) is 10.6 Å². The molecule has 13 heteroatoms. The van der Waals surface area contributed by atoms with Crippen LogP contribution in [0.25, 0.3) is 10.8 Å². The van der Waals surface area contributed by atoms with E-state index in [0.717, 1.165) is 6.07 Å². The van der Waals surface area contributed by atoms with E-state index in [0.29, 0.717) is 17.4 Å². The van der Waals surface area contributed by atoms with E-state index in [4.69, 9.17) is 27.9 Å². The first-order chi connectivity index (χ1) is 18.0. The number of halogens is 2. The molecule has 0 saturated heterocycles. The van der Waals surface area contributed by atoms with E-state index < -0.39 is 26.7 Å². The van der Waals surface area contributed by atoms with E-state index in [1.807, 2.05) is 0 Å². The summed E-state index contributed by atoms with van der Waals surface area (Å²) >= 11 is 12.3. The van der Waals surface area contributed by atoms with Crippen molar-refractivity contribution < 1.29 is 57.2 Å². The van der Waals surface area contributed by atoms with Gasteiger partial charge >= 0.3 is 29.6 Å².